The van der Waals surface area contributed by atoms with E-state index in [1.165, 1.54) is 0 Å². The topological polar surface area (TPSA) is 71.9 Å². The number of nitrogens with zero attached hydrogens (tertiary/aromatic N) is 3. The highest BCUT2D eigenvalue weighted by molar-refractivity contribution is 5.01. The first-order chi connectivity index (χ1) is 7.16. The van der Waals surface area contributed by atoms with Gasteiger partial charge >= 0.3 is 0 Å². The van der Waals surface area contributed by atoms with Gasteiger partial charge < -0.3 is 9.26 Å². The van der Waals surface area contributed by atoms with Gasteiger partial charge in [-0.3, -0.25) is 0 Å². The Kier molecular flexibility index (Phi) is 3.81. The highest BCUT2D eigenvalue weighted by atomic mass is 16.5. The molecule has 0 amide bonds. The van der Waals surface area contributed by atoms with Gasteiger partial charge in [0.2, 0.25) is 11.7 Å². The SMILES string of the molecule is CCOC(C)(CC)c1noc(CC#N)n1. The number of hydrogen-bond donors (Lipinski definition) is 0. The summed E-state index contributed by atoms with van der Waals surface area (Å²) in [6, 6.07) is 1.96. The molecule has 1 aromatic rings. The zero-order chi connectivity index (χ0) is 11.3. The fourth-order valence-electron chi connectivity index (χ4n) is 1.25. The van der Waals surface area contributed by atoms with Crippen LogP contribution in [0.5, 0.6) is 0 Å². The van der Waals surface area contributed by atoms with Crippen molar-refractivity contribution in [3.8, 4) is 6.07 Å². The van der Waals surface area contributed by atoms with Crippen molar-refractivity contribution in [1.29, 1.82) is 5.26 Å². The molecule has 0 aliphatic rings. The van der Waals surface area contributed by atoms with Gasteiger partial charge in [0.05, 0.1) is 6.07 Å². The van der Waals surface area contributed by atoms with Gasteiger partial charge in [0.25, 0.3) is 0 Å². The average Bonchev–Trinajstić information content (AvgIpc) is 2.68. The van der Waals surface area contributed by atoms with Gasteiger partial charge in [0.15, 0.2) is 0 Å². The zero-order valence-electron chi connectivity index (χ0n) is 9.28. The molecule has 0 aliphatic heterocycles. The molecule has 0 spiro atoms. The summed E-state index contributed by atoms with van der Waals surface area (Å²) < 4.78 is 10.5. The molecule has 0 saturated carbocycles. The summed E-state index contributed by atoms with van der Waals surface area (Å²) in [5.74, 6) is 0.851. The molecule has 1 unspecified atom stereocenters. The molecule has 15 heavy (non-hydrogen) atoms. The quantitative estimate of drug-likeness (QED) is 0.739. The lowest BCUT2D eigenvalue weighted by Gasteiger charge is -2.23. The summed E-state index contributed by atoms with van der Waals surface area (Å²) in [5.41, 5.74) is -0.522. The summed E-state index contributed by atoms with van der Waals surface area (Å²) in [6.07, 6.45) is 0.894. The molecule has 0 aliphatic carbocycles. The van der Waals surface area contributed by atoms with Crippen LogP contribution < -0.4 is 0 Å². The Morgan fingerprint density at radius 2 is 2.27 bits per heavy atom. The van der Waals surface area contributed by atoms with Gasteiger partial charge in [-0.05, 0) is 20.3 Å². The van der Waals surface area contributed by atoms with E-state index in [2.05, 4.69) is 10.1 Å². The third-order valence-electron chi connectivity index (χ3n) is 2.31. The summed E-state index contributed by atoms with van der Waals surface area (Å²) in [6.45, 7) is 6.42. The molecule has 1 rings (SSSR count). The Balaban J connectivity index is 2.88. The first-order valence-electron chi connectivity index (χ1n) is 5.00. The monoisotopic (exact) mass is 209 g/mol. The maximum atomic E-state index is 8.48. The molecule has 0 N–H and O–H groups in total. The molecule has 5 heteroatoms. The van der Waals surface area contributed by atoms with Crippen LogP contribution in [0.1, 0.15) is 38.9 Å². The van der Waals surface area contributed by atoms with Crippen molar-refractivity contribution < 1.29 is 9.26 Å². The highest BCUT2D eigenvalue weighted by Gasteiger charge is 2.30. The van der Waals surface area contributed by atoms with Crippen molar-refractivity contribution in [2.45, 2.75) is 39.2 Å². The number of aromatic nitrogens is 2. The van der Waals surface area contributed by atoms with Crippen molar-refractivity contribution in [2.75, 3.05) is 6.61 Å². The standard InChI is InChI=1S/C10H15N3O2/c1-4-10(3,14-5-2)9-12-8(6-7-11)15-13-9/h4-6H2,1-3H3. The first-order valence-corrected chi connectivity index (χ1v) is 5.00. The summed E-state index contributed by atoms with van der Waals surface area (Å²) in [5, 5.41) is 12.3. The molecule has 1 aromatic heterocycles. The molecule has 0 aromatic carbocycles. The highest BCUT2D eigenvalue weighted by Crippen LogP contribution is 2.26. The van der Waals surface area contributed by atoms with Gasteiger partial charge in [-0.1, -0.05) is 12.1 Å². The van der Waals surface area contributed by atoms with Crippen LogP contribution in [0.4, 0.5) is 0 Å². The van der Waals surface area contributed by atoms with Crippen molar-refractivity contribution in [3.63, 3.8) is 0 Å². The minimum Gasteiger partial charge on any atom is -0.367 e. The van der Waals surface area contributed by atoms with Gasteiger partial charge in [0, 0.05) is 6.61 Å². The van der Waals surface area contributed by atoms with Crippen molar-refractivity contribution in [3.05, 3.63) is 11.7 Å². The van der Waals surface area contributed by atoms with Crippen LogP contribution in [0.2, 0.25) is 0 Å². The second-order valence-corrected chi connectivity index (χ2v) is 3.36. The van der Waals surface area contributed by atoms with E-state index in [1.807, 2.05) is 26.8 Å². The molecule has 82 valence electrons. The van der Waals surface area contributed by atoms with Gasteiger partial charge in [-0.25, -0.2) is 0 Å². The van der Waals surface area contributed by atoms with Crippen LogP contribution in [0, 0.1) is 11.3 Å². The fourth-order valence-corrected chi connectivity index (χ4v) is 1.25. The summed E-state index contributed by atoms with van der Waals surface area (Å²) >= 11 is 0. The van der Waals surface area contributed by atoms with Crippen molar-refractivity contribution in [2.24, 2.45) is 0 Å². The van der Waals surface area contributed by atoms with E-state index < -0.39 is 5.60 Å². The van der Waals surface area contributed by atoms with E-state index in [0.717, 1.165) is 6.42 Å². The van der Waals surface area contributed by atoms with E-state index in [0.29, 0.717) is 18.3 Å². The Hall–Kier alpha value is -1.41. The third-order valence-corrected chi connectivity index (χ3v) is 2.31. The lowest BCUT2D eigenvalue weighted by atomic mass is 10.0. The van der Waals surface area contributed by atoms with E-state index in [1.54, 1.807) is 0 Å². The Labute approximate surface area is 89.0 Å². The Morgan fingerprint density at radius 1 is 1.53 bits per heavy atom. The predicted octanol–water partition coefficient (Wildman–Crippen LogP) is 1.80. The van der Waals surface area contributed by atoms with Crippen molar-refractivity contribution in [1.82, 2.24) is 10.1 Å². The molecular weight excluding hydrogens is 194 g/mol. The molecule has 0 saturated heterocycles. The van der Waals surface area contributed by atoms with Crippen LogP contribution >= 0.6 is 0 Å². The third kappa shape index (κ3) is 2.54. The molecule has 1 heterocycles. The summed E-state index contributed by atoms with van der Waals surface area (Å²) in [4.78, 5) is 4.14. The van der Waals surface area contributed by atoms with Crippen LogP contribution in [0.15, 0.2) is 4.52 Å². The van der Waals surface area contributed by atoms with Crippen molar-refractivity contribution >= 4 is 0 Å². The smallest absolute Gasteiger partial charge is 0.240 e. The van der Waals surface area contributed by atoms with E-state index in [9.17, 15) is 0 Å². The van der Waals surface area contributed by atoms with E-state index in [4.69, 9.17) is 14.5 Å². The second-order valence-electron chi connectivity index (χ2n) is 3.36. The molecule has 1 atom stereocenters. The molecule has 0 fully saturated rings. The van der Waals surface area contributed by atoms with Crippen LogP contribution in [0.3, 0.4) is 0 Å². The van der Waals surface area contributed by atoms with Gasteiger partial charge in [-0.2, -0.15) is 10.2 Å². The number of nitriles is 1. The second kappa shape index (κ2) is 4.89. The van der Waals surface area contributed by atoms with Crippen LogP contribution in [-0.4, -0.2) is 16.7 Å². The Bertz CT molecular complexity index is 356. The lowest BCUT2D eigenvalue weighted by molar-refractivity contribution is -0.0403. The number of rotatable bonds is 5. The van der Waals surface area contributed by atoms with E-state index in [-0.39, 0.29) is 6.42 Å². The van der Waals surface area contributed by atoms with Crippen LogP contribution in [-0.2, 0) is 16.8 Å². The molecule has 0 bridgehead atoms. The number of ether oxygens (including phenoxy) is 1. The zero-order valence-corrected chi connectivity index (χ0v) is 9.28. The largest absolute Gasteiger partial charge is 0.367 e. The normalized spacial score (nSPS) is 14.5. The number of hydrogen-bond acceptors (Lipinski definition) is 5. The predicted molar refractivity (Wildman–Crippen MR) is 52.9 cm³/mol. The molecule has 0 radical (unpaired) electrons. The minimum absolute atomic E-state index is 0.138. The molecular formula is C10H15N3O2. The van der Waals surface area contributed by atoms with Gasteiger partial charge in [-0.15, -0.1) is 0 Å². The minimum atomic E-state index is -0.522. The maximum Gasteiger partial charge on any atom is 0.240 e. The summed E-state index contributed by atoms with van der Waals surface area (Å²) in [7, 11) is 0. The molecule has 5 nitrogen and oxygen atoms in total. The fraction of sp³-hybridized carbons (Fsp3) is 0.700. The van der Waals surface area contributed by atoms with Gasteiger partial charge in [0.1, 0.15) is 12.0 Å². The Morgan fingerprint density at radius 3 is 2.80 bits per heavy atom. The lowest BCUT2D eigenvalue weighted by Crippen LogP contribution is -2.26. The average molecular weight is 209 g/mol. The first kappa shape index (κ1) is 11.7. The van der Waals surface area contributed by atoms with Crippen LogP contribution in [0.25, 0.3) is 0 Å². The maximum absolute atomic E-state index is 8.48. The van der Waals surface area contributed by atoms with E-state index >= 15 is 0 Å².